The minimum Gasteiger partial charge on any atom is -0.339 e. The van der Waals surface area contributed by atoms with E-state index in [9.17, 15) is 8.42 Å². The van der Waals surface area contributed by atoms with Crippen LogP contribution in [0.4, 0.5) is 0 Å². The Morgan fingerprint density at radius 1 is 1.43 bits per heavy atom. The van der Waals surface area contributed by atoms with Gasteiger partial charge in [-0.15, -0.1) is 0 Å². The summed E-state index contributed by atoms with van der Waals surface area (Å²) in [4.78, 5) is 8.31. The van der Waals surface area contributed by atoms with E-state index in [-0.39, 0.29) is 10.8 Å². The van der Waals surface area contributed by atoms with E-state index in [2.05, 4.69) is 15.1 Å². The van der Waals surface area contributed by atoms with Crippen LogP contribution in [-0.2, 0) is 10.0 Å². The highest BCUT2D eigenvalue weighted by molar-refractivity contribution is 7.89. The molecule has 0 aliphatic carbocycles. The molecule has 112 valence electrons. The Morgan fingerprint density at radius 2 is 2.29 bits per heavy atom. The fourth-order valence-corrected chi connectivity index (χ4v) is 3.98. The molecular weight excluding hydrogens is 292 g/mol. The van der Waals surface area contributed by atoms with E-state index in [1.54, 1.807) is 25.3 Å². The van der Waals surface area contributed by atoms with Crippen LogP contribution in [0.5, 0.6) is 0 Å². The van der Waals surface area contributed by atoms with Gasteiger partial charge >= 0.3 is 0 Å². The molecule has 3 rings (SSSR count). The summed E-state index contributed by atoms with van der Waals surface area (Å²) in [6.45, 7) is 2.61. The molecule has 8 heteroatoms. The van der Waals surface area contributed by atoms with Crippen LogP contribution in [0, 0.1) is 6.92 Å². The van der Waals surface area contributed by atoms with Crippen LogP contribution in [0.1, 0.15) is 30.5 Å². The highest BCUT2D eigenvalue weighted by Gasteiger charge is 2.33. The summed E-state index contributed by atoms with van der Waals surface area (Å²) >= 11 is 0. The van der Waals surface area contributed by atoms with Crippen molar-refractivity contribution in [1.82, 2.24) is 19.4 Å². The average molecular weight is 308 g/mol. The summed E-state index contributed by atoms with van der Waals surface area (Å²) in [6, 6.07) is 3.18. The second-order valence-corrected chi connectivity index (χ2v) is 7.01. The molecule has 1 aliphatic rings. The molecule has 21 heavy (non-hydrogen) atoms. The summed E-state index contributed by atoms with van der Waals surface area (Å²) in [7, 11) is -3.52. The zero-order valence-electron chi connectivity index (χ0n) is 11.6. The van der Waals surface area contributed by atoms with Crippen LogP contribution in [-0.4, -0.2) is 40.9 Å². The fourth-order valence-electron chi connectivity index (χ4n) is 2.49. The number of aryl methyl sites for hydroxylation is 1. The van der Waals surface area contributed by atoms with Gasteiger partial charge in [-0.3, -0.25) is 4.98 Å². The number of nitrogens with zero attached hydrogens (tertiary/aromatic N) is 4. The van der Waals surface area contributed by atoms with Crippen molar-refractivity contribution in [2.45, 2.75) is 30.6 Å². The normalized spacial score (nSPS) is 20.5. The molecule has 0 saturated carbocycles. The second kappa shape index (κ2) is 5.53. The molecule has 1 aliphatic heterocycles. The Morgan fingerprint density at radius 3 is 2.95 bits per heavy atom. The van der Waals surface area contributed by atoms with Gasteiger partial charge in [0, 0.05) is 25.5 Å². The van der Waals surface area contributed by atoms with E-state index in [1.165, 1.54) is 10.5 Å². The van der Waals surface area contributed by atoms with Crippen molar-refractivity contribution in [3.05, 3.63) is 36.2 Å². The highest BCUT2D eigenvalue weighted by atomic mass is 32.2. The Labute approximate surface area is 123 Å². The van der Waals surface area contributed by atoms with Crippen molar-refractivity contribution >= 4 is 10.0 Å². The van der Waals surface area contributed by atoms with Crippen molar-refractivity contribution in [2.24, 2.45) is 0 Å². The molecule has 0 aromatic carbocycles. The molecule has 0 bridgehead atoms. The first-order valence-corrected chi connectivity index (χ1v) is 8.22. The van der Waals surface area contributed by atoms with Gasteiger partial charge in [0.05, 0.1) is 5.92 Å². The first-order valence-electron chi connectivity index (χ1n) is 6.78. The van der Waals surface area contributed by atoms with Gasteiger partial charge in [-0.1, -0.05) is 5.16 Å². The van der Waals surface area contributed by atoms with E-state index < -0.39 is 10.0 Å². The smallest absolute Gasteiger partial charge is 0.244 e. The minimum absolute atomic E-state index is 0.0496. The van der Waals surface area contributed by atoms with Crippen LogP contribution in [0.2, 0.25) is 0 Å². The number of rotatable bonds is 3. The molecule has 2 aromatic heterocycles. The number of hydrogen-bond donors (Lipinski definition) is 0. The Balaban J connectivity index is 1.83. The lowest BCUT2D eigenvalue weighted by molar-refractivity contribution is 0.265. The summed E-state index contributed by atoms with van der Waals surface area (Å²) in [5, 5.41) is 3.77. The molecule has 0 unspecified atom stereocenters. The Hall–Kier alpha value is -1.80. The fraction of sp³-hybridized carbons (Fsp3) is 0.462. The SMILES string of the molecule is Cc1noc([C@@H]2CCCN(S(=O)(=O)c3cccnc3)C2)n1. The molecule has 0 N–H and O–H groups in total. The molecule has 2 aromatic rings. The summed E-state index contributed by atoms with van der Waals surface area (Å²) in [6.07, 6.45) is 4.54. The number of pyridine rings is 1. The molecule has 1 atom stereocenters. The van der Waals surface area contributed by atoms with Crippen molar-refractivity contribution in [3.8, 4) is 0 Å². The maximum absolute atomic E-state index is 12.6. The molecule has 0 amide bonds. The van der Waals surface area contributed by atoms with Gasteiger partial charge in [0.25, 0.3) is 0 Å². The largest absolute Gasteiger partial charge is 0.339 e. The van der Waals surface area contributed by atoms with E-state index in [4.69, 9.17) is 4.52 Å². The zero-order valence-corrected chi connectivity index (χ0v) is 12.5. The third-order valence-corrected chi connectivity index (χ3v) is 5.40. The van der Waals surface area contributed by atoms with Crippen LogP contribution in [0.25, 0.3) is 0 Å². The van der Waals surface area contributed by atoms with Gasteiger partial charge in [-0.25, -0.2) is 8.42 Å². The standard InChI is InChI=1S/C13H16N4O3S/c1-10-15-13(20-16-10)11-4-3-7-17(9-11)21(18,19)12-5-2-6-14-8-12/h2,5-6,8,11H,3-4,7,9H2,1H3/t11-/m1/s1. The monoisotopic (exact) mass is 308 g/mol. The summed E-state index contributed by atoms with van der Waals surface area (Å²) in [5.74, 6) is 1.03. The molecule has 3 heterocycles. The molecular formula is C13H16N4O3S. The zero-order chi connectivity index (χ0) is 14.9. The molecule has 7 nitrogen and oxygen atoms in total. The van der Waals surface area contributed by atoms with Gasteiger partial charge in [-0.05, 0) is 31.9 Å². The maximum atomic E-state index is 12.6. The van der Waals surface area contributed by atoms with Crippen LogP contribution >= 0.6 is 0 Å². The number of piperidine rings is 1. The van der Waals surface area contributed by atoms with E-state index >= 15 is 0 Å². The first-order chi connectivity index (χ1) is 10.1. The lowest BCUT2D eigenvalue weighted by Gasteiger charge is -2.30. The minimum atomic E-state index is -3.52. The van der Waals surface area contributed by atoms with Gasteiger partial charge < -0.3 is 4.52 Å². The van der Waals surface area contributed by atoms with Gasteiger partial charge in [-0.2, -0.15) is 9.29 Å². The van der Waals surface area contributed by atoms with E-state index in [1.807, 2.05) is 0 Å². The molecule has 0 spiro atoms. The van der Waals surface area contributed by atoms with Crippen molar-refractivity contribution in [3.63, 3.8) is 0 Å². The Bertz CT molecular complexity index is 714. The summed E-state index contributed by atoms with van der Waals surface area (Å²) in [5.41, 5.74) is 0. The van der Waals surface area contributed by atoms with Crippen LogP contribution < -0.4 is 0 Å². The molecule has 0 radical (unpaired) electrons. The van der Waals surface area contributed by atoms with Crippen LogP contribution in [0.3, 0.4) is 0 Å². The maximum Gasteiger partial charge on any atom is 0.244 e. The highest BCUT2D eigenvalue weighted by Crippen LogP contribution is 2.29. The molecule has 1 fully saturated rings. The second-order valence-electron chi connectivity index (χ2n) is 5.07. The van der Waals surface area contributed by atoms with Crippen molar-refractivity contribution in [1.29, 1.82) is 0 Å². The number of aromatic nitrogens is 3. The van der Waals surface area contributed by atoms with Gasteiger partial charge in [0.2, 0.25) is 15.9 Å². The predicted molar refractivity (Wildman–Crippen MR) is 74.0 cm³/mol. The van der Waals surface area contributed by atoms with Gasteiger partial charge in [0.15, 0.2) is 5.82 Å². The van der Waals surface area contributed by atoms with Crippen LogP contribution in [0.15, 0.2) is 33.9 Å². The number of sulfonamides is 1. The van der Waals surface area contributed by atoms with Gasteiger partial charge in [0.1, 0.15) is 4.90 Å². The average Bonchev–Trinajstić information content (AvgIpc) is 2.95. The van der Waals surface area contributed by atoms with Crippen molar-refractivity contribution < 1.29 is 12.9 Å². The molecule has 1 saturated heterocycles. The van der Waals surface area contributed by atoms with E-state index in [0.717, 1.165) is 12.8 Å². The van der Waals surface area contributed by atoms with Crippen molar-refractivity contribution in [2.75, 3.05) is 13.1 Å². The quantitative estimate of drug-likeness (QED) is 0.850. The summed E-state index contributed by atoms with van der Waals surface area (Å²) < 4.78 is 31.8. The first kappa shape index (κ1) is 14.2. The third kappa shape index (κ3) is 2.81. The predicted octanol–water partition coefficient (Wildman–Crippen LogP) is 1.34. The Kier molecular flexibility index (Phi) is 3.73. The lowest BCUT2D eigenvalue weighted by Crippen LogP contribution is -2.39. The third-order valence-electron chi connectivity index (χ3n) is 3.55. The lowest BCUT2D eigenvalue weighted by atomic mass is 10.00. The topological polar surface area (TPSA) is 89.2 Å². The van der Waals surface area contributed by atoms with E-state index in [0.29, 0.717) is 24.8 Å². The number of hydrogen-bond acceptors (Lipinski definition) is 6.